The number of urea groups is 1. The lowest BCUT2D eigenvalue weighted by atomic mass is 9.92. The van der Waals surface area contributed by atoms with E-state index in [1.54, 1.807) is 13.0 Å². The molecule has 6 nitrogen and oxygen atoms in total. The summed E-state index contributed by atoms with van der Waals surface area (Å²) in [4.78, 5) is 38.2. The van der Waals surface area contributed by atoms with Crippen LogP contribution < -0.4 is 10.6 Å². The number of nitrogens with zero attached hydrogens (tertiary/aromatic N) is 1. The third-order valence-corrected chi connectivity index (χ3v) is 4.86. The SMILES string of the molecule is Cc1cc(C)c(NC(=O)CN2C(=O)N[C@@](C)(CCC(C)C)C2=O)c(Cl)c1. The van der Waals surface area contributed by atoms with Crippen molar-refractivity contribution < 1.29 is 14.4 Å². The van der Waals surface area contributed by atoms with Gasteiger partial charge in [-0.05, 0) is 56.7 Å². The lowest BCUT2D eigenvalue weighted by molar-refractivity contribution is -0.133. The fourth-order valence-corrected chi connectivity index (χ4v) is 3.40. The molecule has 1 aliphatic heterocycles. The normalized spacial score (nSPS) is 19.9. The van der Waals surface area contributed by atoms with Crippen LogP contribution in [-0.4, -0.2) is 34.8 Å². The number of aryl methyl sites for hydroxylation is 2. The number of benzene rings is 1. The van der Waals surface area contributed by atoms with Crippen molar-refractivity contribution in [3.8, 4) is 0 Å². The van der Waals surface area contributed by atoms with Gasteiger partial charge < -0.3 is 10.6 Å². The van der Waals surface area contributed by atoms with Gasteiger partial charge in [-0.2, -0.15) is 0 Å². The topological polar surface area (TPSA) is 78.5 Å². The zero-order chi connectivity index (χ0) is 19.6. The fourth-order valence-electron chi connectivity index (χ4n) is 3.03. The van der Waals surface area contributed by atoms with Gasteiger partial charge in [0, 0.05) is 0 Å². The first-order chi connectivity index (χ1) is 12.0. The van der Waals surface area contributed by atoms with Crippen LogP contribution in [0.5, 0.6) is 0 Å². The molecule has 0 aromatic heterocycles. The first kappa shape index (κ1) is 20.2. The maximum absolute atomic E-state index is 12.7. The van der Waals surface area contributed by atoms with E-state index in [4.69, 9.17) is 11.6 Å². The second-order valence-corrected chi connectivity index (χ2v) is 7.98. The summed E-state index contributed by atoms with van der Waals surface area (Å²) >= 11 is 6.19. The van der Waals surface area contributed by atoms with E-state index in [1.807, 2.05) is 19.9 Å². The number of nitrogens with one attached hydrogen (secondary N) is 2. The van der Waals surface area contributed by atoms with Crippen molar-refractivity contribution in [2.24, 2.45) is 5.92 Å². The van der Waals surface area contributed by atoms with Gasteiger partial charge in [0.05, 0.1) is 10.7 Å². The Morgan fingerprint density at radius 2 is 1.96 bits per heavy atom. The van der Waals surface area contributed by atoms with Crippen molar-refractivity contribution in [3.63, 3.8) is 0 Å². The molecule has 0 radical (unpaired) electrons. The Morgan fingerprint density at radius 1 is 1.31 bits per heavy atom. The van der Waals surface area contributed by atoms with Crippen LogP contribution in [0.3, 0.4) is 0 Å². The van der Waals surface area contributed by atoms with E-state index in [-0.39, 0.29) is 12.5 Å². The molecule has 0 bridgehead atoms. The summed E-state index contributed by atoms with van der Waals surface area (Å²) in [7, 11) is 0. The van der Waals surface area contributed by atoms with Crippen LogP contribution in [0.2, 0.25) is 5.02 Å². The average molecular weight is 380 g/mol. The molecule has 7 heteroatoms. The molecule has 1 fully saturated rings. The van der Waals surface area contributed by atoms with Gasteiger partial charge in [0.2, 0.25) is 5.91 Å². The van der Waals surface area contributed by atoms with Gasteiger partial charge in [0.15, 0.2) is 0 Å². The smallest absolute Gasteiger partial charge is 0.323 e. The van der Waals surface area contributed by atoms with Gasteiger partial charge in [0.25, 0.3) is 5.91 Å². The Hall–Kier alpha value is -2.08. The molecule has 142 valence electrons. The summed E-state index contributed by atoms with van der Waals surface area (Å²) < 4.78 is 0. The van der Waals surface area contributed by atoms with Crippen LogP contribution in [-0.2, 0) is 9.59 Å². The van der Waals surface area contributed by atoms with Crippen molar-refractivity contribution in [2.45, 2.75) is 53.0 Å². The van der Waals surface area contributed by atoms with Crippen LogP contribution in [0, 0.1) is 19.8 Å². The first-order valence-corrected chi connectivity index (χ1v) is 9.12. The number of halogens is 1. The minimum atomic E-state index is -0.959. The molecular formula is C19H26ClN3O3. The quantitative estimate of drug-likeness (QED) is 0.740. The van der Waals surface area contributed by atoms with Crippen LogP contribution >= 0.6 is 11.6 Å². The zero-order valence-electron chi connectivity index (χ0n) is 15.9. The van der Waals surface area contributed by atoms with E-state index in [1.165, 1.54) is 0 Å². The molecule has 0 unspecified atom stereocenters. The van der Waals surface area contributed by atoms with Crippen LogP contribution in [0.15, 0.2) is 12.1 Å². The van der Waals surface area contributed by atoms with Crippen molar-refractivity contribution >= 4 is 35.1 Å². The Balaban J connectivity index is 2.07. The van der Waals surface area contributed by atoms with Crippen LogP contribution in [0.1, 0.15) is 44.7 Å². The minimum Gasteiger partial charge on any atom is -0.323 e. The van der Waals surface area contributed by atoms with E-state index in [2.05, 4.69) is 24.5 Å². The number of hydrogen-bond donors (Lipinski definition) is 2. The molecule has 0 saturated carbocycles. The third kappa shape index (κ3) is 4.36. The van der Waals surface area contributed by atoms with Gasteiger partial charge in [-0.15, -0.1) is 0 Å². The van der Waals surface area contributed by atoms with E-state index < -0.39 is 17.5 Å². The summed E-state index contributed by atoms with van der Waals surface area (Å²) in [6.07, 6.45) is 1.34. The number of carbonyl (C=O) groups excluding carboxylic acids is 3. The maximum Gasteiger partial charge on any atom is 0.325 e. The minimum absolute atomic E-state index is 0.342. The van der Waals surface area contributed by atoms with Gasteiger partial charge in [-0.25, -0.2) is 4.79 Å². The Bertz CT molecular complexity index is 725. The van der Waals surface area contributed by atoms with Crippen molar-refractivity contribution in [1.29, 1.82) is 0 Å². The molecule has 26 heavy (non-hydrogen) atoms. The number of hydrogen-bond acceptors (Lipinski definition) is 3. The summed E-state index contributed by atoms with van der Waals surface area (Å²) in [6, 6.07) is 3.11. The Kier molecular flexibility index (Phi) is 5.96. The van der Waals surface area contributed by atoms with E-state index in [0.29, 0.717) is 23.0 Å². The average Bonchev–Trinajstić information content (AvgIpc) is 2.73. The maximum atomic E-state index is 12.7. The molecular weight excluding hydrogens is 354 g/mol. The molecule has 0 spiro atoms. The predicted octanol–water partition coefficient (Wildman–Crippen LogP) is 3.64. The lowest BCUT2D eigenvalue weighted by Crippen LogP contribution is -2.44. The fraction of sp³-hybridized carbons (Fsp3) is 0.526. The number of carbonyl (C=O) groups is 3. The third-order valence-electron chi connectivity index (χ3n) is 4.56. The second kappa shape index (κ2) is 7.66. The molecule has 1 aromatic rings. The molecule has 2 N–H and O–H groups in total. The lowest BCUT2D eigenvalue weighted by Gasteiger charge is -2.22. The summed E-state index contributed by atoms with van der Waals surface area (Å²) in [5, 5.41) is 5.85. The van der Waals surface area contributed by atoms with Crippen LogP contribution in [0.4, 0.5) is 10.5 Å². The monoisotopic (exact) mass is 379 g/mol. The Morgan fingerprint density at radius 3 is 2.54 bits per heavy atom. The molecule has 4 amide bonds. The highest BCUT2D eigenvalue weighted by Gasteiger charge is 2.47. The second-order valence-electron chi connectivity index (χ2n) is 7.57. The highest BCUT2D eigenvalue weighted by Crippen LogP contribution is 2.28. The molecule has 1 aromatic carbocycles. The number of anilines is 1. The van der Waals surface area contributed by atoms with Gasteiger partial charge in [-0.3, -0.25) is 14.5 Å². The molecule has 1 saturated heterocycles. The van der Waals surface area contributed by atoms with Crippen molar-refractivity contribution in [1.82, 2.24) is 10.2 Å². The summed E-state index contributed by atoms with van der Waals surface area (Å²) in [5.41, 5.74) is 1.35. The van der Waals surface area contributed by atoms with E-state index in [0.717, 1.165) is 22.4 Å². The molecule has 0 aliphatic carbocycles. The number of imide groups is 1. The predicted molar refractivity (Wildman–Crippen MR) is 102 cm³/mol. The highest BCUT2D eigenvalue weighted by molar-refractivity contribution is 6.34. The van der Waals surface area contributed by atoms with Gasteiger partial charge in [-0.1, -0.05) is 31.5 Å². The van der Waals surface area contributed by atoms with E-state index >= 15 is 0 Å². The molecule has 1 aliphatic rings. The standard InChI is InChI=1S/C19H26ClN3O3/c1-11(2)6-7-19(5)17(25)23(18(26)22-19)10-15(24)21-16-13(4)8-12(3)9-14(16)20/h8-9,11H,6-7,10H2,1-5H3,(H,21,24)(H,22,26)/t19-/m0/s1. The largest absolute Gasteiger partial charge is 0.325 e. The number of amides is 4. The van der Waals surface area contributed by atoms with E-state index in [9.17, 15) is 14.4 Å². The molecule has 2 rings (SSSR count). The summed E-state index contributed by atoms with van der Waals surface area (Å²) in [5.74, 6) is -0.416. The zero-order valence-corrected chi connectivity index (χ0v) is 16.7. The molecule has 1 heterocycles. The highest BCUT2D eigenvalue weighted by atomic mass is 35.5. The Labute approximate surface area is 159 Å². The van der Waals surface area contributed by atoms with Crippen molar-refractivity contribution in [3.05, 3.63) is 28.3 Å². The first-order valence-electron chi connectivity index (χ1n) is 8.74. The van der Waals surface area contributed by atoms with Crippen LogP contribution in [0.25, 0.3) is 0 Å². The van der Waals surface area contributed by atoms with Crippen molar-refractivity contribution in [2.75, 3.05) is 11.9 Å². The molecule has 1 atom stereocenters. The van der Waals surface area contributed by atoms with Gasteiger partial charge >= 0.3 is 6.03 Å². The number of rotatable bonds is 6. The van der Waals surface area contributed by atoms with Gasteiger partial charge in [0.1, 0.15) is 12.1 Å². The summed E-state index contributed by atoms with van der Waals surface area (Å²) in [6.45, 7) is 9.23.